The number of benzene rings is 1. The van der Waals surface area contributed by atoms with Gasteiger partial charge in [0, 0.05) is 45.6 Å². The van der Waals surface area contributed by atoms with Crippen LogP contribution in [-0.2, 0) is 9.59 Å². The van der Waals surface area contributed by atoms with Crippen LogP contribution in [0.5, 0.6) is 0 Å². The Morgan fingerprint density at radius 2 is 1.67 bits per heavy atom. The fraction of sp³-hybridized carbons (Fsp3) is 0.579. The minimum atomic E-state index is 0.0511. The summed E-state index contributed by atoms with van der Waals surface area (Å²) in [6, 6.07) is 10.4. The Morgan fingerprint density at radius 1 is 1.00 bits per heavy atom. The van der Waals surface area contributed by atoms with E-state index in [0.29, 0.717) is 13.1 Å². The van der Waals surface area contributed by atoms with Crippen LogP contribution in [0.25, 0.3) is 0 Å². The summed E-state index contributed by atoms with van der Waals surface area (Å²) in [6.07, 6.45) is 1.57. The van der Waals surface area contributed by atoms with Crippen molar-refractivity contribution in [2.24, 2.45) is 5.92 Å². The molecule has 0 saturated carbocycles. The van der Waals surface area contributed by atoms with Crippen LogP contribution in [0.4, 0.5) is 0 Å². The van der Waals surface area contributed by atoms with E-state index in [0.717, 1.165) is 32.5 Å². The largest absolute Gasteiger partial charge is 0.343 e. The molecule has 2 fully saturated rings. The maximum absolute atomic E-state index is 13.1. The van der Waals surface area contributed by atoms with Crippen molar-refractivity contribution in [2.75, 3.05) is 39.8 Å². The fourth-order valence-electron chi connectivity index (χ4n) is 3.82. The molecule has 2 saturated heterocycles. The summed E-state index contributed by atoms with van der Waals surface area (Å²) in [4.78, 5) is 30.8. The first-order valence-corrected chi connectivity index (χ1v) is 8.85. The van der Waals surface area contributed by atoms with Crippen molar-refractivity contribution >= 4 is 11.8 Å². The molecule has 1 aromatic carbocycles. The zero-order valence-corrected chi connectivity index (χ0v) is 14.6. The van der Waals surface area contributed by atoms with Crippen LogP contribution >= 0.6 is 0 Å². The molecule has 0 N–H and O–H groups in total. The third-order valence-electron chi connectivity index (χ3n) is 5.34. The average Bonchev–Trinajstić information content (AvgIpc) is 2.62. The van der Waals surface area contributed by atoms with Gasteiger partial charge in [0.2, 0.25) is 11.8 Å². The first kappa shape index (κ1) is 17.0. The third kappa shape index (κ3) is 3.61. The van der Waals surface area contributed by atoms with Gasteiger partial charge in [-0.2, -0.15) is 0 Å². The highest BCUT2D eigenvalue weighted by Gasteiger charge is 2.35. The molecule has 130 valence electrons. The first-order valence-electron chi connectivity index (χ1n) is 8.85. The normalized spacial score (nSPS) is 23.3. The number of amides is 2. The molecule has 0 aromatic heterocycles. The lowest BCUT2D eigenvalue weighted by molar-refractivity contribution is -0.144. The Bertz CT molecular complexity index is 582. The highest BCUT2D eigenvalue weighted by Crippen LogP contribution is 2.29. The number of likely N-dealkylation sites (tertiary alicyclic amines) is 1. The zero-order valence-electron chi connectivity index (χ0n) is 14.6. The molecule has 2 aliphatic rings. The van der Waals surface area contributed by atoms with Crippen LogP contribution in [-0.4, -0.2) is 66.3 Å². The van der Waals surface area contributed by atoms with Crippen LogP contribution < -0.4 is 0 Å². The first-order chi connectivity index (χ1) is 11.6. The molecule has 2 aliphatic heterocycles. The van der Waals surface area contributed by atoms with Gasteiger partial charge >= 0.3 is 0 Å². The van der Waals surface area contributed by atoms with E-state index in [1.165, 1.54) is 5.56 Å². The van der Waals surface area contributed by atoms with Crippen molar-refractivity contribution in [3.05, 3.63) is 35.9 Å². The number of carbonyl (C=O) groups is 2. The fourth-order valence-corrected chi connectivity index (χ4v) is 3.82. The number of likely N-dealkylation sites (N-methyl/N-ethyl adjacent to an activating group) is 1. The molecule has 0 spiro atoms. The van der Waals surface area contributed by atoms with Gasteiger partial charge in [0.1, 0.15) is 0 Å². The molecule has 24 heavy (non-hydrogen) atoms. The standard InChI is InChI=1S/C19H27N3O2/c1-15(23)21-10-8-17(9-11-21)19(24)22-13-12-20(2)14-18(22)16-6-4-3-5-7-16/h3-7,17-18H,8-14H2,1-2H3/t18-/m1/s1. The van der Waals surface area contributed by atoms with Crippen molar-refractivity contribution in [1.82, 2.24) is 14.7 Å². The Balaban J connectivity index is 1.71. The van der Waals surface area contributed by atoms with Gasteiger partial charge in [-0.15, -0.1) is 0 Å². The third-order valence-corrected chi connectivity index (χ3v) is 5.34. The van der Waals surface area contributed by atoms with Crippen molar-refractivity contribution in [3.63, 3.8) is 0 Å². The number of hydrogen-bond donors (Lipinski definition) is 0. The van der Waals surface area contributed by atoms with E-state index in [2.05, 4.69) is 29.0 Å². The SMILES string of the molecule is CC(=O)N1CCC(C(=O)N2CCN(C)C[C@@H]2c2ccccc2)CC1. The quantitative estimate of drug-likeness (QED) is 0.830. The molecule has 2 heterocycles. The van der Waals surface area contributed by atoms with Crippen LogP contribution in [0.15, 0.2) is 30.3 Å². The molecule has 0 unspecified atom stereocenters. The Hall–Kier alpha value is -1.88. The van der Waals surface area contributed by atoms with E-state index in [1.54, 1.807) is 6.92 Å². The lowest BCUT2D eigenvalue weighted by Crippen LogP contribution is -2.52. The van der Waals surface area contributed by atoms with E-state index < -0.39 is 0 Å². The monoisotopic (exact) mass is 329 g/mol. The van der Waals surface area contributed by atoms with Crippen molar-refractivity contribution < 1.29 is 9.59 Å². The van der Waals surface area contributed by atoms with Gasteiger partial charge in [0.15, 0.2) is 0 Å². The van der Waals surface area contributed by atoms with Crippen LogP contribution in [0.1, 0.15) is 31.4 Å². The summed E-state index contributed by atoms with van der Waals surface area (Å²) in [5.74, 6) is 0.429. The van der Waals surface area contributed by atoms with Gasteiger partial charge in [-0.3, -0.25) is 9.59 Å². The Morgan fingerprint density at radius 3 is 2.29 bits per heavy atom. The van der Waals surface area contributed by atoms with E-state index in [9.17, 15) is 9.59 Å². The van der Waals surface area contributed by atoms with Gasteiger partial charge in [-0.05, 0) is 25.5 Å². The predicted molar refractivity (Wildman–Crippen MR) is 93.4 cm³/mol. The summed E-state index contributed by atoms with van der Waals surface area (Å²) in [6.45, 7) is 5.59. The summed E-state index contributed by atoms with van der Waals surface area (Å²) in [5, 5.41) is 0. The van der Waals surface area contributed by atoms with Crippen LogP contribution in [0.3, 0.4) is 0 Å². The summed E-state index contributed by atoms with van der Waals surface area (Å²) < 4.78 is 0. The zero-order chi connectivity index (χ0) is 17.1. The Kier molecular flexibility index (Phi) is 5.19. The second-order valence-corrected chi connectivity index (χ2v) is 7.00. The van der Waals surface area contributed by atoms with Gasteiger partial charge < -0.3 is 14.7 Å². The second-order valence-electron chi connectivity index (χ2n) is 7.00. The van der Waals surface area contributed by atoms with Crippen molar-refractivity contribution in [3.8, 4) is 0 Å². The number of rotatable bonds is 2. The number of piperidine rings is 1. The molecule has 0 bridgehead atoms. The van der Waals surface area contributed by atoms with Gasteiger partial charge in [0.05, 0.1) is 6.04 Å². The molecule has 1 atom stereocenters. The van der Waals surface area contributed by atoms with E-state index in [4.69, 9.17) is 0 Å². The minimum absolute atomic E-state index is 0.0511. The van der Waals surface area contributed by atoms with Gasteiger partial charge in [0.25, 0.3) is 0 Å². The molecule has 5 nitrogen and oxygen atoms in total. The maximum Gasteiger partial charge on any atom is 0.226 e. The summed E-state index contributed by atoms with van der Waals surface area (Å²) >= 11 is 0. The van der Waals surface area contributed by atoms with E-state index in [1.807, 2.05) is 23.1 Å². The highest BCUT2D eigenvalue weighted by atomic mass is 16.2. The molecule has 2 amide bonds. The minimum Gasteiger partial charge on any atom is -0.343 e. The van der Waals surface area contributed by atoms with Crippen molar-refractivity contribution in [1.29, 1.82) is 0 Å². The Labute approximate surface area is 144 Å². The number of carbonyl (C=O) groups excluding carboxylic acids is 2. The lowest BCUT2D eigenvalue weighted by Gasteiger charge is -2.43. The molecule has 0 radical (unpaired) electrons. The smallest absolute Gasteiger partial charge is 0.226 e. The second kappa shape index (κ2) is 7.34. The molecule has 3 rings (SSSR count). The molecule has 5 heteroatoms. The molecule has 0 aliphatic carbocycles. The van der Waals surface area contributed by atoms with Crippen molar-refractivity contribution in [2.45, 2.75) is 25.8 Å². The van der Waals surface area contributed by atoms with Crippen LogP contribution in [0, 0.1) is 5.92 Å². The molecular weight excluding hydrogens is 302 g/mol. The van der Waals surface area contributed by atoms with E-state index in [-0.39, 0.29) is 23.8 Å². The topological polar surface area (TPSA) is 43.9 Å². The number of hydrogen-bond acceptors (Lipinski definition) is 3. The van der Waals surface area contributed by atoms with Gasteiger partial charge in [-0.25, -0.2) is 0 Å². The molecular formula is C19H27N3O2. The van der Waals surface area contributed by atoms with Crippen LogP contribution in [0.2, 0.25) is 0 Å². The van der Waals surface area contributed by atoms with E-state index >= 15 is 0 Å². The molecule has 1 aromatic rings. The highest BCUT2D eigenvalue weighted by molar-refractivity contribution is 5.80. The summed E-state index contributed by atoms with van der Waals surface area (Å²) in [5.41, 5.74) is 1.21. The lowest BCUT2D eigenvalue weighted by atomic mass is 9.93. The summed E-state index contributed by atoms with van der Waals surface area (Å²) in [7, 11) is 2.11. The average molecular weight is 329 g/mol. The number of piperazine rings is 1. The number of nitrogens with zero attached hydrogens (tertiary/aromatic N) is 3. The maximum atomic E-state index is 13.1. The van der Waals surface area contributed by atoms with Gasteiger partial charge in [-0.1, -0.05) is 30.3 Å². The predicted octanol–water partition coefficient (Wildman–Crippen LogP) is 1.76.